The van der Waals surface area contributed by atoms with Crippen molar-refractivity contribution < 1.29 is 13.6 Å². The van der Waals surface area contributed by atoms with Gasteiger partial charge in [-0.2, -0.15) is 0 Å². The molecule has 0 atom stereocenters. The number of carbonyl (C=O) groups is 1. The molecule has 0 radical (unpaired) electrons. The number of halogens is 1. The highest BCUT2D eigenvalue weighted by Crippen LogP contribution is 2.25. The highest BCUT2D eigenvalue weighted by Gasteiger charge is 2.15. The fourth-order valence-corrected chi connectivity index (χ4v) is 3.05. The number of nitrogens with zero attached hydrogens (tertiary/aromatic N) is 1. The Hall–Kier alpha value is -3.93. The summed E-state index contributed by atoms with van der Waals surface area (Å²) in [5.74, 6) is -0.0574. The van der Waals surface area contributed by atoms with Crippen LogP contribution in [0.2, 0.25) is 0 Å². The van der Waals surface area contributed by atoms with E-state index in [9.17, 15) is 9.18 Å². The number of aromatic nitrogens is 1. The second kappa shape index (κ2) is 7.98. The molecule has 2 aromatic carbocycles. The van der Waals surface area contributed by atoms with Gasteiger partial charge in [0.2, 0.25) is 0 Å². The van der Waals surface area contributed by atoms with Crippen molar-refractivity contribution >= 4 is 22.5 Å². The SMILES string of the molecule is CC=C(NNC(=O)c1cc(-c2ccco2)nc2ccccc12)c1ccc(F)cc1. The molecule has 5 nitrogen and oxygen atoms in total. The molecule has 2 heterocycles. The summed E-state index contributed by atoms with van der Waals surface area (Å²) >= 11 is 0. The van der Waals surface area contributed by atoms with Crippen molar-refractivity contribution in [1.29, 1.82) is 0 Å². The standard InChI is InChI=1S/C23H18FN3O2/c1-2-19(15-9-11-16(24)12-10-15)26-27-23(28)18-14-21(22-8-5-13-29-22)25-20-7-4-3-6-17(18)20/h2-14,26H,1H3,(H,27,28). The van der Waals surface area contributed by atoms with Crippen LogP contribution in [0, 0.1) is 5.82 Å². The van der Waals surface area contributed by atoms with Gasteiger partial charge in [0.1, 0.15) is 11.5 Å². The zero-order valence-electron chi connectivity index (χ0n) is 15.6. The van der Waals surface area contributed by atoms with Crippen molar-refractivity contribution in [3.63, 3.8) is 0 Å². The number of furan rings is 1. The van der Waals surface area contributed by atoms with Crippen molar-refractivity contribution in [2.75, 3.05) is 0 Å². The smallest absolute Gasteiger partial charge is 0.270 e. The molecule has 0 aliphatic heterocycles. The predicted molar refractivity (Wildman–Crippen MR) is 110 cm³/mol. The zero-order valence-corrected chi connectivity index (χ0v) is 15.6. The molecule has 29 heavy (non-hydrogen) atoms. The van der Waals surface area contributed by atoms with Crippen molar-refractivity contribution in [2.45, 2.75) is 6.92 Å². The molecule has 4 aromatic rings. The number of hydrogen-bond donors (Lipinski definition) is 2. The number of nitrogens with one attached hydrogen (secondary N) is 2. The van der Waals surface area contributed by atoms with E-state index in [1.165, 1.54) is 12.1 Å². The summed E-state index contributed by atoms with van der Waals surface area (Å²) < 4.78 is 18.6. The van der Waals surface area contributed by atoms with E-state index in [0.717, 1.165) is 10.9 Å². The second-order valence-corrected chi connectivity index (χ2v) is 6.34. The van der Waals surface area contributed by atoms with Crippen molar-refractivity contribution in [3.8, 4) is 11.5 Å². The summed E-state index contributed by atoms with van der Waals surface area (Å²) in [5, 5.41) is 0.728. The van der Waals surface area contributed by atoms with Gasteiger partial charge in [0, 0.05) is 5.39 Å². The molecule has 2 aromatic heterocycles. The largest absolute Gasteiger partial charge is 0.463 e. The summed E-state index contributed by atoms with van der Waals surface area (Å²) in [7, 11) is 0. The third-order valence-corrected chi connectivity index (χ3v) is 4.49. The third kappa shape index (κ3) is 3.87. The maximum Gasteiger partial charge on any atom is 0.270 e. The van der Waals surface area contributed by atoms with Gasteiger partial charge in [-0.05, 0) is 61.0 Å². The molecule has 2 N–H and O–H groups in total. The predicted octanol–water partition coefficient (Wildman–Crippen LogP) is 4.93. The van der Waals surface area contributed by atoms with E-state index in [1.54, 1.807) is 42.7 Å². The number of rotatable bonds is 5. The van der Waals surface area contributed by atoms with Crippen molar-refractivity contribution in [1.82, 2.24) is 15.8 Å². The summed E-state index contributed by atoms with van der Waals surface area (Å²) in [6.45, 7) is 1.83. The highest BCUT2D eigenvalue weighted by atomic mass is 19.1. The number of amides is 1. The highest BCUT2D eigenvalue weighted by molar-refractivity contribution is 6.07. The average Bonchev–Trinajstić information content (AvgIpc) is 3.29. The number of benzene rings is 2. The summed E-state index contributed by atoms with van der Waals surface area (Å²) in [6.07, 6.45) is 3.36. The Bertz CT molecular complexity index is 1180. The van der Waals surface area contributed by atoms with E-state index in [0.29, 0.717) is 28.2 Å². The van der Waals surface area contributed by atoms with Crippen LogP contribution < -0.4 is 10.9 Å². The molecule has 1 amide bonds. The minimum absolute atomic E-state index is 0.318. The summed E-state index contributed by atoms with van der Waals surface area (Å²) in [6, 6.07) is 18.7. The average molecular weight is 387 g/mol. The van der Waals surface area contributed by atoms with Gasteiger partial charge in [-0.1, -0.05) is 24.3 Å². The number of para-hydroxylation sites is 1. The molecule has 6 heteroatoms. The first-order chi connectivity index (χ1) is 14.2. The Balaban J connectivity index is 1.63. The van der Waals surface area contributed by atoms with Gasteiger partial charge < -0.3 is 4.42 Å². The van der Waals surface area contributed by atoms with Crippen LogP contribution in [0.3, 0.4) is 0 Å². The first-order valence-electron chi connectivity index (χ1n) is 9.08. The van der Waals surface area contributed by atoms with Gasteiger partial charge in [-0.3, -0.25) is 15.6 Å². The molecule has 0 spiro atoms. The normalized spacial score (nSPS) is 11.4. The molecule has 0 bridgehead atoms. The van der Waals surface area contributed by atoms with Crippen LogP contribution in [0.5, 0.6) is 0 Å². The van der Waals surface area contributed by atoms with Gasteiger partial charge in [-0.15, -0.1) is 0 Å². The Kier molecular flexibility index (Phi) is 5.07. The first-order valence-corrected chi connectivity index (χ1v) is 9.08. The molecule has 0 aliphatic carbocycles. The van der Waals surface area contributed by atoms with Gasteiger partial charge in [0.15, 0.2) is 5.76 Å². The molecular formula is C23H18FN3O2. The minimum Gasteiger partial charge on any atom is -0.463 e. The molecule has 0 saturated carbocycles. The van der Waals surface area contributed by atoms with Gasteiger partial charge in [0.25, 0.3) is 5.91 Å². The molecule has 0 fully saturated rings. The molecule has 0 unspecified atom stereocenters. The monoisotopic (exact) mass is 387 g/mol. The van der Waals surface area contributed by atoms with E-state index in [-0.39, 0.29) is 11.7 Å². The Morgan fingerprint density at radius 2 is 1.83 bits per heavy atom. The molecule has 144 valence electrons. The van der Waals surface area contributed by atoms with E-state index < -0.39 is 0 Å². The first kappa shape index (κ1) is 18.4. The van der Waals surface area contributed by atoms with E-state index in [1.807, 2.05) is 31.2 Å². The number of pyridine rings is 1. The second-order valence-electron chi connectivity index (χ2n) is 6.34. The Labute approximate surface area is 166 Å². The maximum absolute atomic E-state index is 13.2. The van der Waals surface area contributed by atoms with E-state index in [2.05, 4.69) is 15.8 Å². The quantitative estimate of drug-likeness (QED) is 0.477. The van der Waals surface area contributed by atoms with Crippen LogP contribution in [-0.2, 0) is 0 Å². The minimum atomic E-state index is -0.321. The Morgan fingerprint density at radius 3 is 2.55 bits per heavy atom. The van der Waals surface area contributed by atoms with Crippen LogP contribution in [-0.4, -0.2) is 10.9 Å². The number of allylic oxidation sites excluding steroid dienone is 1. The summed E-state index contributed by atoms with van der Waals surface area (Å²) in [4.78, 5) is 17.6. The topological polar surface area (TPSA) is 67.2 Å². The van der Waals surface area contributed by atoms with Crippen LogP contribution in [0.15, 0.2) is 83.5 Å². The number of fused-ring (bicyclic) bond motifs is 1. The fraction of sp³-hybridized carbons (Fsp3) is 0.0435. The lowest BCUT2D eigenvalue weighted by Crippen LogP contribution is -2.36. The van der Waals surface area contributed by atoms with E-state index >= 15 is 0 Å². The Morgan fingerprint density at radius 1 is 1.03 bits per heavy atom. The van der Waals surface area contributed by atoms with Gasteiger partial charge in [0.05, 0.1) is 23.0 Å². The summed E-state index contributed by atoms with van der Waals surface area (Å²) in [5.41, 5.74) is 8.77. The van der Waals surface area contributed by atoms with E-state index in [4.69, 9.17) is 4.42 Å². The lowest BCUT2D eigenvalue weighted by molar-refractivity contribution is 0.0944. The molecular weight excluding hydrogens is 369 g/mol. The maximum atomic E-state index is 13.2. The number of hydrazine groups is 1. The number of hydrogen-bond acceptors (Lipinski definition) is 4. The van der Waals surface area contributed by atoms with Crippen LogP contribution in [0.1, 0.15) is 22.8 Å². The zero-order chi connectivity index (χ0) is 20.2. The van der Waals surface area contributed by atoms with Crippen molar-refractivity contribution in [3.05, 3.63) is 96.0 Å². The third-order valence-electron chi connectivity index (χ3n) is 4.49. The van der Waals surface area contributed by atoms with Gasteiger partial charge in [-0.25, -0.2) is 9.37 Å². The lowest BCUT2D eigenvalue weighted by atomic mass is 10.1. The molecule has 0 saturated heterocycles. The van der Waals surface area contributed by atoms with Crippen molar-refractivity contribution in [2.24, 2.45) is 0 Å². The number of carbonyl (C=O) groups excluding carboxylic acids is 1. The molecule has 0 aliphatic rings. The fourth-order valence-electron chi connectivity index (χ4n) is 3.05. The lowest BCUT2D eigenvalue weighted by Gasteiger charge is -2.14. The van der Waals surface area contributed by atoms with Crippen LogP contribution in [0.4, 0.5) is 4.39 Å². The molecule has 4 rings (SSSR count). The van der Waals surface area contributed by atoms with Crippen LogP contribution in [0.25, 0.3) is 28.1 Å². The van der Waals surface area contributed by atoms with Gasteiger partial charge >= 0.3 is 0 Å². The van der Waals surface area contributed by atoms with Crippen LogP contribution >= 0.6 is 0 Å².